The molecule has 0 fully saturated rings. The lowest BCUT2D eigenvalue weighted by atomic mass is 10.2. The van der Waals surface area contributed by atoms with E-state index in [1.807, 2.05) is 48.5 Å². The summed E-state index contributed by atoms with van der Waals surface area (Å²) in [5.74, 6) is 1.10. The number of benzene rings is 2. The van der Waals surface area contributed by atoms with Gasteiger partial charge < -0.3 is 20.9 Å². The molecule has 0 spiro atoms. The highest BCUT2D eigenvalue weighted by Crippen LogP contribution is 2.30. The topological polar surface area (TPSA) is 95.2 Å². The molecule has 6 nitrogen and oxygen atoms in total. The zero-order valence-electron chi connectivity index (χ0n) is 12.3. The number of methoxy groups -OCH3 is 1. The fourth-order valence-corrected chi connectivity index (χ4v) is 1.84. The maximum atomic E-state index is 5.88. The Morgan fingerprint density at radius 2 is 1.86 bits per heavy atom. The van der Waals surface area contributed by atoms with Crippen LogP contribution in [0.5, 0.6) is 11.5 Å². The van der Waals surface area contributed by atoms with Crippen molar-refractivity contribution in [2.24, 2.45) is 21.7 Å². The van der Waals surface area contributed by atoms with Crippen LogP contribution in [0.3, 0.4) is 0 Å². The summed E-state index contributed by atoms with van der Waals surface area (Å²) in [5.41, 5.74) is 12.3. The lowest BCUT2D eigenvalue weighted by Crippen LogP contribution is -2.21. The molecule has 0 aliphatic rings. The Morgan fingerprint density at radius 3 is 2.55 bits per heavy atom. The average Bonchev–Trinajstić information content (AvgIpc) is 2.54. The summed E-state index contributed by atoms with van der Waals surface area (Å²) in [6.45, 7) is 0.421. The predicted octanol–water partition coefficient (Wildman–Crippen LogP) is 1.88. The summed E-state index contributed by atoms with van der Waals surface area (Å²) >= 11 is 0. The first-order valence-corrected chi connectivity index (χ1v) is 6.66. The lowest BCUT2D eigenvalue weighted by molar-refractivity contribution is 0.284. The Labute approximate surface area is 129 Å². The molecule has 2 rings (SSSR count). The van der Waals surface area contributed by atoms with Gasteiger partial charge in [-0.2, -0.15) is 5.10 Å². The Kier molecular flexibility index (Phi) is 5.37. The van der Waals surface area contributed by atoms with Crippen molar-refractivity contribution >= 4 is 12.2 Å². The van der Waals surface area contributed by atoms with Gasteiger partial charge in [-0.05, 0) is 17.7 Å². The molecule has 6 heteroatoms. The molecule has 0 bridgehead atoms. The minimum Gasteiger partial charge on any atom is -0.493 e. The quantitative estimate of drug-likeness (QED) is 0.483. The van der Waals surface area contributed by atoms with Gasteiger partial charge in [0.25, 0.3) is 0 Å². The van der Waals surface area contributed by atoms with Gasteiger partial charge in [0.2, 0.25) is 5.96 Å². The number of nitrogens with two attached hydrogens (primary N) is 2. The van der Waals surface area contributed by atoms with Crippen LogP contribution in [0.25, 0.3) is 0 Å². The molecule has 0 radical (unpaired) electrons. The van der Waals surface area contributed by atoms with Crippen molar-refractivity contribution < 1.29 is 9.47 Å². The van der Waals surface area contributed by atoms with Gasteiger partial charge in [-0.25, -0.2) is 0 Å². The molecule has 0 saturated carbocycles. The summed E-state index contributed by atoms with van der Waals surface area (Å²) in [4.78, 5) is 0. The van der Waals surface area contributed by atoms with Crippen LogP contribution in [0.1, 0.15) is 11.1 Å². The van der Waals surface area contributed by atoms with Crippen molar-refractivity contribution in [3.8, 4) is 11.5 Å². The average molecular weight is 298 g/mol. The van der Waals surface area contributed by atoms with Gasteiger partial charge in [0.1, 0.15) is 6.61 Å². The third-order valence-corrected chi connectivity index (χ3v) is 2.83. The molecule has 0 atom stereocenters. The SMILES string of the molecule is COc1cccc(/C=N\N=C(N)N)c1OCc1ccccc1. The largest absolute Gasteiger partial charge is 0.493 e. The first-order valence-electron chi connectivity index (χ1n) is 6.66. The van der Waals surface area contributed by atoms with E-state index in [0.717, 1.165) is 11.1 Å². The molecule has 114 valence electrons. The second-order valence-electron chi connectivity index (χ2n) is 4.42. The minimum atomic E-state index is -0.106. The lowest BCUT2D eigenvalue weighted by Gasteiger charge is -2.13. The van der Waals surface area contributed by atoms with Gasteiger partial charge in [-0.1, -0.05) is 36.4 Å². The van der Waals surface area contributed by atoms with Crippen LogP contribution in [-0.4, -0.2) is 19.3 Å². The van der Waals surface area contributed by atoms with Gasteiger partial charge in [-0.15, -0.1) is 5.10 Å². The van der Waals surface area contributed by atoms with Gasteiger partial charge in [-0.3, -0.25) is 0 Å². The van der Waals surface area contributed by atoms with Crippen molar-refractivity contribution in [2.45, 2.75) is 6.61 Å². The molecule has 0 aromatic heterocycles. The molecular weight excluding hydrogens is 280 g/mol. The van der Waals surface area contributed by atoms with Gasteiger partial charge in [0.15, 0.2) is 11.5 Å². The smallest absolute Gasteiger partial charge is 0.211 e. The van der Waals surface area contributed by atoms with Gasteiger partial charge >= 0.3 is 0 Å². The number of guanidine groups is 1. The van der Waals surface area contributed by atoms with Crippen LogP contribution in [0, 0.1) is 0 Å². The Hall–Kier alpha value is -3.02. The van der Waals surface area contributed by atoms with Crippen LogP contribution in [0.15, 0.2) is 58.7 Å². The van der Waals surface area contributed by atoms with E-state index >= 15 is 0 Å². The standard InChI is InChI=1S/C16H18N4O2/c1-21-14-9-5-8-13(10-19-20-16(17)18)15(14)22-11-12-6-3-2-4-7-12/h2-10H,11H2,1H3,(H4,17,18,20)/b19-10-. The Balaban J connectivity index is 2.23. The molecule has 0 aliphatic carbocycles. The van der Waals surface area contributed by atoms with E-state index in [2.05, 4.69) is 10.2 Å². The Morgan fingerprint density at radius 1 is 1.09 bits per heavy atom. The van der Waals surface area contributed by atoms with Gasteiger partial charge in [0.05, 0.1) is 13.3 Å². The van der Waals surface area contributed by atoms with Crippen LogP contribution in [0.4, 0.5) is 0 Å². The summed E-state index contributed by atoms with van der Waals surface area (Å²) in [5, 5.41) is 7.39. The molecule has 4 N–H and O–H groups in total. The third-order valence-electron chi connectivity index (χ3n) is 2.83. The second kappa shape index (κ2) is 7.68. The first-order chi connectivity index (χ1) is 10.7. The number of hydrogen-bond acceptors (Lipinski definition) is 4. The summed E-state index contributed by atoms with van der Waals surface area (Å²) < 4.78 is 11.2. The monoisotopic (exact) mass is 298 g/mol. The number of rotatable bonds is 6. The van der Waals surface area contributed by atoms with E-state index in [1.54, 1.807) is 7.11 Å². The number of para-hydroxylation sites is 1. The van der Waals surface area contributed by atoms with Crippen molar-refractivity contribution in [1.82, 2.24) is 0 Å². The summed E-state index contributed by atoms with van der Waals surface area (Å²) in [6, 6.07) is 15.4. The fourth-order valence-electron chi connectivity index (χ4n) is 1.84. The molecule has 2 aromatic rings. The second-order valence-corrected chi connectivity index (χ2v) is 4.42. The molecule has 0 aliphatic heterocycles. The van der Waals surface area contributed by atoms with Crippen molar-refractivity contribution in [1.29, 1.82) is 0 Å². The van der Waals surface area contributed by atoms with Crippen LogP contribution >= 0.6 is 0 Å². The van der Waals surface area contributed by atoms with E-state index in [0.29, 0.717) is 18.1 Å². The normalized spacial score (nSPS) is 10.4. The van der Waals surface area contributed by atoms with Crippen molar-refractivity contribution in [3.05, 3.63) is 59.7 Å². The van der Waals surface area contributed by atoms with E-state index < -0.39 is 0 Å². The highest BCUT2D eigenvalue weighted by molar-refractivity contribution is 5.86. The zero-order chi connectivity index (χ0) is 15.8. The number of nitrogens with zero attached hydrogens (tertiary/aromatic N) is 2. The first kappa shape index (κ1) is 15.4. The van der Waals surface area contributed by atoms with Crippen LogP contribution in [-0.2, 0) is 6.61 Å². The minimum absolute atomic E-state index is 0.106. The van der Waals surface area contributed by atoms with Crippen LogP contribution in [0.2, 0.25) is 0 Å². The highest BCUT2D eigenvalue weighted by Gasteiger charge is 2.09. The maximum absolute atomic E-state index is 5.88. The molecule has 0 saturated heterocycles. The van der Waals surface area contributed by atoms with Crippen LogP contribution < -0.4 is 20.9 Å². The molecule has 2 aromatic carbocycles. The maximum Gasteiger partial charge on any atom is 0.211 e. The third kappa shape index (κ3) is 4.24. The summed E-state index contributed by atoms with van der Waals surface area (Å²) in [6.07, 6.45) is 1.52. The zero-order valence-corrected chi connectivity index (χ0v) is 12.3. The van der Waals surface area contributed by atoms with Crippen molar-refractivity contribution in [3.63, 3.8) is 0 Å². The molecule has 0 heterocycles. The van der Waals surface area contributed by atoms with E-state index in [4.69, 9.17) is 20.9 Å². The molecular formula is C16H18N4O2. The number of ether oxygens (including phenoxy) is 2. The van der Waals surface area contributed by atoms with E-state index in [-0.39, 0.29) is 5.96 Å². The fraction of sp³-hybridized carbons (Fsp3) is 0.125. The predicted molar refractivity (Wildman–Crippen MR) is 87.2 cm³/mol. The van der Waals surface area contributed by atoms with E-state index in [9.17, 15) is 0 Å². The van der Waals surface area contributed by atoms with Crippen molar-refractivity contribution in [2.75, 3.05) is 7.11 Å². The highest BCUT2D eigenvalue weighted by atomic mass is 16.5. The Bertz CT molecular complexity index is 665. The molecule has 22 heavy (non-hydrogen) atoms. The van der Waals surface area contributed by atoms with E-state index in [1.165, 1.54) is 6.21 Å². The molecule has 0 unspecified atom stereocenters. The summed E-state index contributed by atoms with van der Waals surface area (Å²) in [7, 11) is 1.58. The van der Waals surface area contributed by atoms with Gasteiger partial charge in [0, 0.05) is 5.56 Å². The molecule has 0 amide bonds. The number of hydrogen-bond donors (Lipinski definition) is 2.